The van der Waals surface area contributed by atoms with Gasteiger partial charge >= 0.3 is 0 Å². The van der Waals surface area contributed by atoms with Gasteiger partial charge in [-0.25, -0.2) is 0 Å². The highest BCUT2D eigenvalue weighted by molar-refractivity contribution is 5.76. The predicted molar refractivity (Wildman–Crippen MR) is 37.8 cm³/mol. The summed E-state index contributed by atoms with van der Waals surface area (Å²) in [6.45, 7) is 0. The molecule has 2 N–H and O–H groups in total. The van der Waals surface area contributed by atoms with Crippen molar-refractivity contribution >= 4 is 10.9 Å². The summed E-state index contributed by atoms with van der Waals surface area (Å²) < 4.78 is 0. The fraction of sp³-hybridized carbons (Fsp3) is 0. The van der Waals surface area contributed by atoms with Crippen molar-refractivity contribution in [3.63, 3.8) is 0 Å². The molecule has 10 heavy (non-hydrogen) atoms. The van der Waals surface area contributed by atoms with Crippen molar-refractivity contribution in [3.8, 4) is 0 Å². The average molecular weight is 133 g/mol. The van der Waals surface area contributed by atoms with E-state index < -0.39 is 0 Å². The van der Waals surface area contributed by atoms with Crippen molar-refractivity contribution in [2.45, 2.75) is 0 Å². The van der Waals surface area contributed by atoms with Crippen molar-refractivity contribution in [3.05, 3.63) is 34.9 Å². The minimum absolute atomic E-state index is 0.0984. The van der Waals surface area contributed by atoms with Crippen molar-refractivity contribution in [1.82, 2.24) is 9.97 Å². The lowest BCUT2D eigenvalue weighted by Crippen LogP contribution is -2.03. The largest absolute Gasteiger partial charge is 0.356 e. The SMILES string of the molecule is O=c1[nH]ccc2[c]c[nH]c12. The first kappa shape index (κ1) is 5.29. The number of aromatic amines is 2. The predicted octanol–water partition coefficient (Wildman–Crippen LogP) is 0.656. The van der Waals surface area contributed by atoms with Gasteiger partial charge in [0.05, 0.1) is 0 Å². The summed E-state index contributed by atoms with van der Waals surface area (Å²) in [4.78, 5) is 16.3. The van der Waals surface area contributed by atoms with Gasteiger partial charge in [-0.1, -0.05) is 0 Å². The van der Waals surface area contributed by atoms with E-state index in [1.54, 1.807) is 18.5 Å². The Labute approximate surface area is 56.7 Å². The van der Waals surface area contributed by atoms with Crippen LogP contribution in [0, 0.1) is 6.07 Å². The molecule has 2 rings (SSSR count). The molecule has 0 aliphatic heterocycles. The van der Waals surface area contributed by atoms with E-state index in [4.69, 9.17) is 0 Å². The molecule has 0 aliphatic rings. The van der Waals surface area contributed by atoms with E-state index in [1.807, 2.05) is 0 Å². The van der Waals surface area contributed by atoms with Gasteiger partial charge in [0.25, 0.3) is 5.56 Å². The maximum Gasteiger partial charge on any atom is 0.272 e. The molecule has 0 bridgehead atoms. The number of hydrogen-bond donors (Lipinski definition) is 2. The molecular weight excluding hydrogens is 128 g/mol. The summed E-state index contributed by atoms with van der Waals surface area (Å²) in [5.41, 5.74) is 0.487. The zero-order valence-corrected chi connectivity index (χ0v) is 5.14. The Bertz CT molecular complexity index is 399. The minimum atomic E-state index is -0.0984. The minimum Gasteiger partial charge on any atom is -0.356 e. The highest BCUT2D eigenvalue weighted by Crippen LogP contribution is 2.02. The van der Waals surface area contributed by atoms with Crippen LogP contribution in [0.4, 0.5) is 0 Å². The van der Waals surface area contributed by atoms with E-state index in [-0.39, 0.29) is 5.56 Å². The second kappa shape index (κ2) is 1.73. The Balaban J connectivity index is 3.09. The molecule has 0 saturated heterocycles. The molecule has 0 aromatic carbocycles. The van der Waals surface area contributed by atoms with Crippen molar-refractivity contribution in [1.29, 1.82) is 0 Å². The van der Waals surface area contributed by atoms with Crippen LogP contribution in [-0.4, -0.2) is 9.97 Å². The Morgan fingerprint density at radius 3 is 3.10 bits per heavy atom. The molecule has 0 fully saturated rings. The third kappa shape index (κ3) is 0.572. The molecule has 0 amide bonds. The zero-order chi connectivity index (χ0) is 6.97. The number of hydrogen-bond acceptors (Lipinski definition) is 1. The molecule has 0 atom stereocenters. The molecule has 0 unspecified atom stereocenters. The highest BCUT2D eigenvalue weighted by atomic mass is 16.1. The number of nitrogens with one attached hydrogen (secondary N) is 2. The normalized spacial score (nSPS) is 10.4. The quantitative estimate of drug-likeness (QED) is 0.544. The second-order valence-corrected chi connectivity index (χ2v) is 2.03. The fourth-order valence-electron chi connectivity index (χ4n) is 0.928. The Kier molecular flexibility index (Phi) is 0.917. The van der Waals surface area contributed by atoms with Crippen LogP contribution in [0.1, 0.15) is 0 Å². The lowest BCUT2D eigenvalue weighted by molar-refractivity contribution is 1.26. The Hall–Kier alpha value is -1.51. The van der Waals surface area contributed by atoms with E-state index in [9.17, 15) is 4.79 Å². The lowest BCUT2D eigenvalue weighted by atomic mass is 10.3. The first-order valence-electron chi connectivity index (χ1n) is 2.94. The molecule has 0 saturated carbocycles. The van der Waals surface area contributed by atoms with Gasteiger partial charge in [0.1, 0.15) is 5.52 Å². The van der Waals surface area contributed by atoms with Crippen LogP contribution in [-0.2, 0) is 0 Å². The molecule has 2 aromatic rings. The van der Waals surface area contributed by atoms with Crippen LogP contribution in [0.25, 0.3) is 10.9 Å². The summed E-state index contributed by atoms with van der Waals surface area (Å²) in [6, 6.07) is 4.68. The van der Waals surface area contributed by atoms with Gasteiger partial charge in [-0.3, -0.25) is 4.79 Å². The Morgan fingerprint density at radius 1 is 1.40 bits per heavy atom. The first-order chi connectivity index (χ1) is 4.88. The van der Waals surface area contributed by atoms with E-state index >= 15 is 0 Å². The molecular formula is C7H5N2O. The van der Waals surface area contributed by atoms with E-state index in [0.717, 1.165) is 5.39 Å². The van der Waals surface area contributed by atoms with Gasteiger partial charge in [-0.15, -0.1) is 0 Å². The first-order valence-corrected chi connectivity index (χ1v) is 2.94. The number of pyridine rings is 1. The van der Waals surface area contributed by atoms with E-state index in [1.165, 1.54) is 0 Å². The van der Waals surface area contributed by atoms with E-state index in [2.05, 4.69) is 16.0 Å². The van der Waals surface area contributed by atoms with Crippen LogP contribution in [0.15, 0.2) is 23.3 Å². The molecule has 2 heterocycles. The molecule has 3 heteroatoms. The standard InChI is InChI=1S/C7H5N2O/c10-7-6-5(1-3-8-6)2-4-9-7/h2-4,8H,(H,9,10). The number of rotatable bonds is 0. The van der Waals surface area contributed by atoms with Crippen LogP contribution >= 0.6 is 0 Å². The fourth-order valence-corrected chi connectivity index (χ4v) is 0.928. The van der Waals surface area contributed by atoms with Crippen LogP contribution < -0.4 is 5.56 Å². The third-order valence-corrected chi connectivity index (χ3v) is 1.41. The molecule has 2 aromatic heterocycles. The average Bonchev–Trinajstić information content (AvgIpc) is 2.36. The van der Waals surface area contributed by atoms with Gasteiger partial charge in [0.15, 0.2) is 0 Å². The van der Waals surface area contributed by atoms with Gasteiger partial charge in [0, 0.05) is 23.8 Å². The molecule has 0 aliphatic carbocycles. The van der Waals surface area contributed by atoms with Gasteiger partial charge < -0.3 is 9.97 Å². The monoisotopic (exact) mass is 133 g/mol. The van der Waals surface area contributed by atoms with Crippen LogP contribution in [0.5, 0.6) is 0 Å². The number of H-pyrrole nitrogens is 2. The molecule has 1 radical (unpaired) electrons. The summed E-state index contributed by atoms with van der Waals surface area (Å²) in [5.74, 6) is 0. The summed E-state index contributed by atoms with van der Waals surface area (Å²) in [7, 11) is 0. The summed E-state index contributed by atoms with van der Waals surface area (Å²) >= 11 is 0. The summed E-state index contributed by atoms with van der Waals surface area (Å²) in [6.07, 6.45) is 3.23. The van der Waals surface area contributed by atoms with Gasteiger partial charge in [-0.2, -0.15) is 0 Å². The zero-order valence-electron chi connectivity index (χ0n) is 5.14. The maximum atomic E-state index is 10.9. The third-order valence-electron chi connectivity index (χ3n) is 1.41. The van der Waals surface area contributed by atoms with Crippen LogP contribution in [0.2, 0.25) is 0 Å². The van der Waals surface area contributed by atoms with Crippen LogP contribution in [0.3, 0.4) is 0 Å². The molecule has 0 spiro atoms. The highest BCUT2D eigenvalue weighted by Gasteiger charge is 1.95. The molecule has 3 nitrogen and oxygen atoms in total. The van der Waals surface area contributed by atoms with E-state index in [0.29, 0.717) is 5.52 Å². The lowest BCUT2D eigenvalue weighted by Gasteiger charge is -1.83. The molecule has 49 valence electrons. The Morgan fingerprint density at radius 2 is 2.30 bits per heavy atom. The number of fused-ring (bicyclic) bond motifs is 1. The smallest absolute Gasteiger partial charge is 0.272 e. The topological polar surface area (TPSA) is 48.6 Å². The van der Waals surface area contributed by atoms with Crippen molar-refractivity contribution < 1.29 is 0 Å². The van der Waals surface area contributed by atoms with Gasteiger partial charge in [0.2, 0.25) is 0 Å². The number of aromatic nitrogens is 2. The van der Waals surface area contributed by atoms with Crippen molar-refractivity contribution in [2.24, 2.45) is 0 Å². The summed E-state index contributed by atoms with van der Waals surface area (Å²) in [5, 5.41) is 0.823. The van der Waals surface area contributed by atoms with Crippen molar-refractivity contribution in [2.75, 3.05) is 0 Å². The maximum absolute atomic E-state index is 10.9. The second-order valence-electron chi connectivity index (χ2n) is 2.03. The van der Waals surface area contributed by atoms with Gasteiger partial charge in [-0.05, 0) is 6.07 Å².